The number of thiazole rings is 1. The number of amides is 2. The van der Waals surface area contributed by atoms with Gasteiger partial charge in [-0.2, -0.15) is 13.2 Å². The number of alkyl halides is 3. The van der Waals surface area contributed by atoms with E-state index in [0.717, 1.165) is 17.8 Å². The zero-order valence-electron chi connectivity index (χ0n) is 16.9. The Balaban J connectivity index is 1.56. The second kappa shape index (κ2) is 9.54. The van der Waals surface area contributed by atoms with Crippen LogP contribution in [0.2, 0.25) is 5.02 Å². The Morgan fingerprint density at radius 2 is 1.94 bits per heavy atom. The number of carbonyl (C=O) groups excluding carboxylic acids is 2. The number of hydrogen-bond donors (Lipinski definition) is 2. The molecule has 11 heteroatoms. The number of nitrogens with one attached hydrogen (secondary N) is 2. The molecule has 1 saturated heterocycles. The number of aromatic nitrogens is 1. The highest BCUT2D eigenvalue weighted by Gasteiger charge is 2.35. The summed E-state index contributed by atoms with van der Waals surface area (Å²) in [4.78, 5) is 31.1. The number of nitrogens with zero attached hydrogens (tertiary/aromatic N) is 2. The fraction of sp³-hybridized carbons (Fsp3) is 0.450. The number of likely N-dealkylation sites (tertiary alicyclic amines) is 1. The molecule has 3 rings (SSSR count). The third-order valence-corrected chi connectivity index (χ3v) is 6.33. The molecule has 1 aliphatic rings. The summed E-state index contributed by atoms with van der Waals surface area (Å²) >= 11 is 7.04. The molecule has 0 spiro atoms. The maximum Gasteiger partial charge on any atom is 0.418 e. The normalized spacial score (nSPS) is 16.7. The number of anilines is 2. The quantitative estimate of drug-likeness (QED) is 0.652. The summed E-state index contributed by atoms with van der Waals surface area (Å²) in [6.07, 6.45) is -3.55. The third-order valence-electron chi connectivity index (χ3n) is 5.22. The number of piperidine rings is 1. The summed E-state index contributed by atoms with van der Waals surface area (Å²) in [7, 11) is 0. The minimum atomic E-state index is -4.64. The highest BCUT2D eigenvalue weighted by atomic mass is 35.5. The molecule has 1 aromatic carbocycles. The molecule has 6 nitrogen and oxygen atoms in total. The van der Waals surface area contributed by atoms with Crippen molar-refractivity contribution in [1.29, 1.82) is 0 Å². The van der Waals surface area contributed by atoms with Crippen LogP contribution in [0.25, 0.3) is 0 Å². The van der Waals surface area contributed by atoms with Crippen LogP contribution in [0.15, 0.2) is 23.6 Å². The van der Waals surface area contributed by atoms with E-state index in [9.17, 15) is 22.8 Å². The summed E-state index contributed by atoms with van der Waals surface area (Å²) in [5, 5.41) is 7.52. The Morgan fingerprint density at radius 1 is 1.26 bits per heavy atom. The lowest BCUT2D eigenvalue weighted by Crippen LogP contribution is -2.47. The predicted molar refractivity (Wildman–Crippen MR) is 114 cm³/mol. The van der Waals surface area contributed by atoms with Crippen LogP contribution in [0.1, 0.15) is 31.0 Å². The van der Waals surface area contributed by atoms with E-state index < -0.39 is 23.7 Å². The summed E-state index contributed by atoms with van der Waals surface area (Å²) < 4.78 is 39.7. The Kier molecular flexibility index (Phi) is 7.23. The van der Waals surface area contributed by atoms with Gasteiger partial charge in [-0.25, -0.2) is 4.98 Å². The van der Waals surface area contributed by atoms with Gasteiger partial charge in [0.25, 0.3) is 0 Å². The van der Waals surface area contributed by atoms with E-state index in [1.54, 1.807) is 6.92 Å². The first-order valence-electron chi connectivity index (χ1n) is 9.69. The van der Waals surface area contributed by atoms with Gasteiger partial charge >= 0.3 is 6.18 Å². The van der Waals surface area contributed by atoms with Crippen molar-refractivity contribution >= 4 is 45.6 Å². The summed E-state index contributed by atoms with van der Waals surface area (Å²) in [5.41, 5.74) is -0.487. The first-order valence-corrected chi connectivity index (χ1v) is 10.9. The fourth-order valence-corrected chi connectivity index (χ4v) is 4.29. The minimum Gasteiger partial charge on any atom is -0.324 e. The molecule has 2 N–H and O–H groups in total. The highest BCUT2D eigenvalue weighted by molar-refractivity contribution is 7.13. The van der Waals surface area contributed by atoms with Gasteiger partial charge in [0, 0.05) is 16.3 Å². The first kappa shape index (κ1) is 23.5. The number of rotatable bonds is 5. The molecule has 1 aliphatic heterocycles. The van der Waals surface area contributed by atoms with E-state index >= 15 is 0 Å². The molecule has 0 radical (unpaired) electrons. The molecule has 168 valence electrons. The highest BCUT2D eigenvalue weighted by Crippen LogP contribution is 2.36. The number of hydrogen-bond acceptors (Lipinski definition) is 5. The largest absolute Gasteiger partial charge is 0.418 e. The Bertz CT molecular complexity index is 958. The molecule has 0 saturated carbocycles. The molecule has 0 bridgehead atoms. The standard InChI is InChI=1S/C20H22ClF3N4O2S/c1-11-10-31-19(25-11)27-18(30)13-5-7-28(8-6-13)12(2)17(29)26-16-4-3-14(21)9-15(16)20(22,23)24/h3-4,9-10,12-13H,5-8H2,1-2H3,(H,26,29)(H,25,27,30). The summed E-state index contributed by atoms with van der Waals surface area (Å²) in [6, 6.07) is 2.58. The van der Waals surface area contributed by atoms with Gasteiger partial charge in [0.15, 0.2) is 5.13 Å². The van der Waals surface area contributed by atoms with Crippen LogP contribution in [-0.2, 0) is 15.8 Å². The van der Waals surface area contributed by atoms with Crippen LogP contribution < -0.4 is 10.6 Å². The van der Waals surface area contributed by atoms with Crippen LogP contribution in [0, 0.1) is 12.8 Å². The average molecular weight is 475 g/mol. The second-order valence-electron chi connectivity index (χ2n) is 7.45. The van der Waals surface area contributed by atoms with Crippen LogP contribution in [0.3, 0.4) is 0 Å². The van der Waals surface area contributed by atoms with Crippen LogP contribution in [-0.4, -0.2) is 40.8 Å². The van der Waals surface area contributed by atoms with Crippen molar-refractivity contribution in [3.8, 4) is 0 Å². The zero-order chi connectivity index (χ0) is 22.8. The molecule has 2 heterocycles. The molecule has 1 aromatic heterocycles. The Hall–Kier alpha value is -2.17. The smallest absolute Gasteiger partial charge is 0.324 e. The second-order valence-corrected chi connectivity index (χ2v) is 8.74. The SMILES string of the molecule is Cc1csc(NC(=O)C2CCN(C(C)C(=O)Nc3ccc(Cl)cc3C(F)(F)F)CC2)n1. The Morgan fingerprint density at radius 3 is 2.52 bits per heavy atom. The lowest BCUT2D eigenvalue weighted by Gasteiger charge is -2.34. The molecular weight excluding hydrogens is 453 g/mol. The van der Waals surface area contributed by atoms with Gasteiger partial charge < -0.3 is 10.6 Å². The van der Waals surface area contributed by atoms with Crippen molar-refractivity contribution in [2.75, 3.05) is 23.7 Å². The molecule has 2 amide bonds. The lowest BCUT2D eigenvalue weighted by molar-refractivity contribution is -0.137. The zero-order valence-corrected chi connectivity index (χ0v) is 18.5. The fourth-order valence-electron chi connectivity index (χ4n) is 3.43. The van der Waals surface area contributed by atoms with E-state index in [1.807, 2.05) is 17.2 Å². The van der Waals surface area contributed by atoms with E-state index in [-0.39, 0.29) is 22.5 Å². The Labute approximate surface area is 186 Å². The number of aryl methyl sites for hydroxylation is 1. The third kappa shape index (κ3) is 5.96. The maximum absolute atomic E-state index is 13.2. The van der Waals surface area contributed by atoms with Crippen LogP contribution >= 0.6 is 22.9 Å². The van der Waals surface area contributed by atoms with Crippen molar-refractivity contribution in [1.82, 2.24) is 9.88 Å². The van der Waals surface area contributed by atoms with Crippen LogP contribution in [0.4, 0.5) is 24.0 Å². The van der Waals surface area contributed by atoms with Crippen molar-refractivity contribution in [2.45, 2.75) is 38.9 Å². The number of benzene rings is 1. The van der Waals surface area contributed by atoms with E-state index in [4.69, 9.17) is 11.6 Å². The first-order chi connectivity index (χ1) is 14.5. The van der Waals surface area contributed by atoms with Gasteiger partial charge in [-0.05, 0) is 58.0 Å². The monoisotopic (exact) mass is 474 g/mol. The molecule has 1 unspecified atom stereocenters. The van der Waals surface area contributed by atoms with Gasteiger partial charge in [-0.3, -0.25) is 14.5 Å². The van der Waals surface area contributed by atoms with Gasteiger partial charge in [0.2, 0.25) is 11.8 Å². The van der Waals surface area contributed by atoms with E-state index in [0.29, 0.717) is 31.1 Å². The van der Waals surface area contributed by atoms with Crippen molar-refractivity contribution in [2.24, 2.45) is 5.92 Å². The number of carbonyl (C=O) groups is 2. The van der Waals surface area contributed by atoms with Crippen LogP contribution in [0.5, 0.6) is 0 Å². The van der Waals surface area contributed by atoms with Crippen molar-refractivity contribution < 1.29 is 22.8 Å². The molecule has 2 aromatic rings. The van der Waals surface area contributed by atoms with Gasteiger partial charge in [-0.1, -0.05) is 11.6 Å². The number of halogens is 4. The summed E-state index contributed by atoms with van der Waals surface area (Å²) in [6.45, 7) is 4.45. The molecule has 0 aliphatic carbocycles. The summed E-state index contributed by atoms with van der Waals surface area (Å²) in [5.74, 6) is -0.861. The molecule has 1 fully saturated rings. The van der Waals surface area contributed by atoms with Gasteiger partial charge in [0.1, 0.15) is 0 Å². The van der Waals surface area contributed by atoms with Gasteiger partial charge in [0.05, 0.1) is 23.0 Å². The predicted octanol–water partition coefficient (Wildman–Crippen LogP) is 4.80. The topological polar surface area (TPSA) is 74.3 Å². The van der Waals surface area contributed by atoms with Gasteiger partial charge in [-0.15, -0.1) is 11.3 Å². The molecule has 31 heavy (non-hydrogen) atoms. The maximum atomic E-state index is 13.2. The van der Waals surface area contributed by atoms with E-state index in [2.05, 4.69) is 15.6 Å². The lowest BCUT2D eigenvalue weighted by atomic mass is 9.95. The minimum absolute atomic E-state index is 0.0633. The van der Waals surface area contributed by atoms with Crippen molar-refractivity contribution in [3.63, 3.8) is 0 Å². The van der Waals surface area contributed by atoms with Crippen molar-refractivity contribution in [3.05, 3.63) is 39.9 Å². The molecule has 1 atom stereocenters. The molecular formula is C20H22ClF3N4O2S. The average Bonchev–Trinajstić information content (AvgIpc) is 3.12. The van der Waals surface area contributed by atoms with E-state index in [1.165, 1.54) is 17.4 Å².